The van der Waals surface area contributed by atoms with E-state index in [1.165, 1.54) is 21.4 Å². The molecule has 158 valence electrons. The van der Waals surface area contributed by atoms with Crippen LogP contribution >= 0.6 is 0 Å². The largest absolute Gasteiger partial charge is 0.336 e. The van der Waals surface area contributed by atoms with E-state index in [0.717, 1.165) is 11.4 Å². The van der Waals surface area contributed by atoms with Crippen LogP contribution in [0.25, 0.3) is 5.69 Å². The van der Waals surface area contributed by atoms with Gasteiger partial charge in [0.15, 0.2) is 0 Å². The lowest BCUT2D eigenvalue weighted by molar-refractivity contribution is 0.0696. The Kier molecular flexibility index (Phi) is 5.20. The van der Waals surface area contributed by atoms with Gasteiger partial charge in [0.05, 0.1) is 28.8 Å². The second-order valence-electron chi connectivity index (χ2n) is 7.34. The Bertz CT molecular complexity index is 1170. The molecule has 1 fully saturated rings. The maximum Gasteiger partial charge on any atom is 0.257 e. The van der Waals surface area contributed by atoms with Crippen LogP contribution in [-0.4, -0.2) is 69.3 Å². The number of benzene rings is 1. The number of amides is 1. The van der Waals surface area contributed by atoms with Gasteiger partial charge in [0.25, 0.3) is 5.91 Å². The minimum absolute atomic E-state index is 0.120. The van der Waals surface area contributed by atoms with E-state index < -0.39 is 10.0 Å². The molecule has 1 aromatic carbocycles. The van der Waals surface area contributed by atoms with Gasteiger partial charge >= 0.3 is 0 Å². The minimum Gasteiger partial charge on any atom is -0.336 e. The molecular formula is C20H24N6O3S. The Morgan fingerprint density at radius 2 is 1.70 bits per heavy atom. The maximum atomic E-state index is 13.2. The Balaban J connectivity index is 1.51. The number of rotatable bonds is 4. The van der Waals surface area contributed by atoms with Crippen molar-refractivity contribution in [3.63, 3.8) is 0 Å². The van der Waals surface area contributed by atoms with Crippen molar-refractivity contribution in [3.8, 4) is 5.69 Å². The van der Waals surface area contributed by atoms with Gasteiger partial charge in [-0.3, -0.25) is 9.48 Å². The Morgan fingerprint density at radius 1 is 1.03 bits per heavy atom. The van der Waals surface area contributed by atoms with Crippen LogP contribution in [0.15, 0.2) is 47.6 Å². The highest BCUT2D eigenvalue weighted by Gasteiger charge is 2.32. The number of piperazine rings is 1. The van der Waals surface area contributed by atoms with E-state index in [1.54, 1.807) is 16.6 Å². The molecule has 1 aliphatic rings. The third kappa shape index (κ3) is 3.52. The van der Waals surface area contributed by atoms with Crippen molar-refractivity contribution >= 4 is 15.9 Å². The summed E-state index contributed by atoms with van der Waals surface area (Å²) in [5, 5.41) is 8.49. The molecule has 0 N–H and O–H groups in total. The van der Waals surface area contributed by atoms with Crippen molar-refractivity contribution in [2.24, 2.45) is 7.05 Å². The van der Waals surface area contributed by atoms with E-state index >= 15 is 0 Å². The van der Waals surface area contributed by atoms with E-state index in [2.05, 4.69) is 10.2 Å². The number of carbonyl (C=O) groups is 1. The highest BCUT2D eigenvalue weighted by atomic mass is 32.2. The molecule has 4 rings (SSSR count). The molecule has 0 bridgehead atoms. The van der Waals surface area contributed by atoms with Gasteiger partial charge in [0, 0.05) is 39.4 Å². The molecule has 9 nitrogen and oxygen atoms in total. The van der Waals surface area contributed by atoms with Gasteiger partial charge in [-0.05, 0) is 26.0 Å². The Hall–Kier alpha value is -2.98. The van der Waals surface area contributed by atoms with Gasteiger partial charge in [0.2, 0.25) is 10.0 Å². The van der Waals surface area contributed by atoms with Crippen molar-refractivity contribution in [3.05, 3.63) is 59.7 Å². The van der Waals surface area contributed by atoms with Gasteiger partial charge in [-0.2, -0.15) is 14.5 Å². The standard InChI is InChI=1S/C20H24N6O3S/c1-15-19(16(2)26(22-15)17-7-5-4-6-8-17)20(27)24-9-11-25(12-10-24)30(28,29)18-13-21-23(3)14-18/h4-8,13-14H,9-12H2,1-3H3. The molecule has 2 aromatic heterocycles. The SMILES string of the molecule is Cc1nn(-c2ccccc2)c(C)c1C(=O)N1CCN(S(=O)(=O)c2cnn(C)c2)CC1. The van der Waals surface area contributed by atoms with Gasteiger partial charge in [-0.25, -0.2) is 13.1 Å². The van der Waals surface area contributed by atoms with Gasteiger partial charge in [-0.1, -0.05) is 18.2 Å². The molecule has 1 aliphatic heterocycles. The predicted octanol–water partition coefficient (Wildman–Crippen LogP) is 1.37. The molecular weight excluding hydrogens is 404 g/mol. The first kappa shape index (κ1) is 20.3. The van der Waals surface area contributed by atoms with Crippen LogP contribution in [0, 0.1) is 13.8 Å². The molecule has 30 heavy (non-hydrogen) atoms. The van der Waals surface area contributed by atoms with Crippen molar-refractivity contribution in [2.45, 2.75) is 18.7 Å². The average Bonchev–Trinajstić information content (AvgIpc) is 3.31. The number of hydrogen-bond donors (Lipinski definition) is 0. The summed E-state index contributed by atoms with van der Waals surface area (Å²) in [6, 6.07) is 9.66. The summed E-state index contributed by atoms with van der Waals surface area (Å²) in [7, 11) is -1.93. The van der Waals surface area contributed by atoms with Crippen molar-refractivity contribution in [1.82, 2.24) is 28.8 Å². The van der Waals surface area contributed by atoms with Gasteiger partial charge in [0.1, 0.15) is 4.90 Å². The number of hydrogen-bond acceptors (Lipinski definition) is 5. The molecule has 0 aliphatic carbocycles. The zero-order valence-corrected chi connectivity index (χ0v) is 18.0. The number of para-hydroxylation sites is 1. The molecule has 1 amide bonds. The van der Waals surface area contributed by atoms with Crippen molar-refractivity contribution < 1.29 is 13.2 Å². The molecule has 0 spiro atoms. The Labute approximate surface area is 175 Å². The number of nitrogens with zero attached hydrogens (tertiary/aromatic N) is 6. The van der Waals surface area contributed by atoms with E-state index in [9.17, 15) is 13.2 Å². The average molecular weight is 429 g/mol. The first-order valence-corrected chi connectivity index (χ1v) is 11.1. The van der Waals surface area contributed by atoms with Crippen LogP contribution in [0.3, 0.4) is 0 Å². The fourth-order valence-electron chi connectivity index (χ4n) is 3.74. The van der Waals surface area contributed by atoms with E-state index in [0.29, 0.717) is 24.3 Å². The summed E-state index contributed by atoms with van der Waals surface area (Å²) < 4.78 is 30.2. The van der Waals surface area contributed by atoms with Gasteiger partial charge < -0.3 is 4.90 Å². The monoisotopic (exact) mass is 428 g/mol. The third-order valence-corrected chi connectivity index (χ3v) is 7.20. The first-order valence-electron chi connectivity index (χ1n) is 9.69. The number of carbonyl (C=O) groups excluding carboxylic acids is 1. The normalized spacial score (nSPS) is 15.5. The summed E-state index contributed by atoms with van der Waals surface area (Å²) in [6.07, 6.45) is 2.83. The van der Waals surface area contributed by atoms with Crippen LogP contribution in [0.4, 0.5) is 0 Å². The van der Waals surface area contributed by atoms with E-state index in [1.807, 2.05) is 44.2 Å². The Morgan fingerprint density at radius 3 is 2.30 bits per heavy atom. The molecule has 0 unspecified atom stereocenters. The van der Waals surface area contributed by atoms with Crippen LogP contribution in [0.2, 0.25) is 0 Å². The summed E-state index contributed by atoms with van der Waals surface area (Å²) in [5.74, 6) is -0.120. The maximum absolute atomic E-state index is 13.2. The zero-order valence-electron chi connectivity index (χ0n) is 17.2. The second kappa shape index (κ2) is 7.69. The topological polar surface area (TPSA) is 93.3 Å². The van der Waals surface area contributed by atoms with Gasteiger partial charge in [-0.15, -0.1) is 0 Å². The first-order chi connectivity index (χ1) is 14.3. The molecule has 0 saturated carbocycles. The molecule has 1 saturated heterocycles. The number of sulfonamides is 1. The molecule has 0 radical (unpaired) electrons. The molecule has 0 atom stereocenters. The lowest BCUT2D eigenvalue weighted by Crippen LogP contribution is -2.50. The predicted molar refractivity (Wildman–Crippen MR) is 111 cm³/mol. The quantitative estimate of drug-likeness (QED) is 0.626. The smallest absolute Gasteiger partial charge is 0.257 e. The lowest BCUT2D eigenvalue weighted by atomic mass is 10.1. The van der Waals surface area contributed by atoms with Crippen molar-refractivity contribution in [1.29, 1.82) is 0 Å². The van der Waals surface area contributed by atoms with Crippen LogP contribution in [0.1, 0.15) is 21.7 Å². The van der Waals surface area contributed by atoms with E-state index in [4.69, 9.17) is 0 Å². The zero-order chi connectivity index (χ0) is 21.5. The van der Waals surface area contributed by atoms with Crippen LogP contribution in [-0.2, 0) is 17.1 Å². The third-order valence-electron chi connectivity index (χ3n) is 5.35. The number of aryl methyl sites for hydroxylation is 2. The fraction of sp³-hybridized carbons (Fsp3) is 0.350. The minimum atomic E-state index is -3.61. The summed E-state index contributed by atoms with van der Waals surface area (Å²) in [5.41, 5.74) is 2.90. The molecule has 10 heteroatoms. The number of aromatic nitrogens is 4. The van der Waals surface area contributed by atoms with Crippen LogP contribution < -0.4 is 0 Å². The summed E-state index contributed by atoms with van der Waals surface area (Å²) in [6.45, 7) is 4.84. The highest BCUT2D eigenvalue weighted by Crippen LogP contribution is 2.22. The molecule has 3 heterocycles. The fourth-order valence-corrected chi connectivity index (χ4v) is 5.15. The van der Waals surface area contributed by atoms with Crippen LogP contribution in [0.5, 0.6) is 0 Å². The second-order valence-corrected chi connectivity index (χ2v) is 9.28. The summed E-state index contributed by atoms with van der Waals surface area (Å²) in [4.78, 5) is 15.1. The molecule has 3 aromatic rings. The highest BCUT2D eigenvalue weighted by molar-refractivity contribution is 7.89. The van der Waals surface area contributed by atoms with E-state index in [-0.39, 0.29) is 23.9 Å². The lowest BCUT2D eigenvalue weighted by Gasteiger charge is -2.33. The summed E-state index contributed by atoms with van der Waals surface area (Å²) >= 11 is 0. The van der Waals surface area contributed by atoms with Crippen molar-refractivity contribution in [2.75, 3.05) is 26.2 Å².